The van der Waals surface area contributed by atoms with Gasteiger partial charge < -0.3 is 75.5 Å². The number of aromatic amines is 1. The van der Waals surface area contributed by atoms with Gasteiger partial charge in [0.15, 0.2) is 26.8 Å². The molecule has 0 spiro atoms. The lowest BCUT2D eigenvalue weighted by atomic mass is 10.2. The first-order chi connectivity index (χ1) is 51.1. The molecule has 10 unspecified atom stereocenters. The molecule has 0 aromatic carbocycles. The lowest BCUT2D eigenvalue weighted by molar-refractivity contribution is -0.179. The van der Waals surface area contributed by atoms with E-state index < -0.39 is 227 Å². The summed E-state index contributed by atoms with van der Waals surface area (Å²) in [5, 5.41) is 39.9. The minimum atomic E-state index is -4.80. The summed E-state index contributed by atoms with van der Waals surface area (Å²) in [4.78, 5) is 98.9. The summed E-state index contributed by atoms with van der Waals surface area (Å²) in [6.45, 7) is -0.828. The van der Waals surface area contributed by atoms with Crippen molar-refractivity contribution < 1.29 is 127 Å². The number of imidazole rings is 1. The summed E-state index contributed by atoms with van der Waals surface area (Å²) in [6.07, 6.45) is -6.10. The van der Waals surface area contributed by atoms with Crippen molar-refractivity contribution in [2.75, 3.05) is 43.6 Å². The molecule has 111 heavy (non-hydrogen) atoms. The van der Waals surface area contributed by atoms with Gasteiger partial charge >= 0.3 is 73.2 Å². The van der Waals surface area contributed by atoms with E-state index in [0.29, 0.717) is 11.2 Å². The molecule has 18 atom stereocenters. The molecule has 57 nitrogen and oxygen atoms in total. The number of aliphatic hydroxyl groups is 4. The molecule has 19 N–H and O–H groups in total. The molecule has 73 heteroatoms. The number of H-pyrrole nitrogens is 1. The van der Waals surface area contributed by atoms with Crippen LogP contribution < -0.4 is 85.6 Å². The van der Waals surface area contributed by atoms with E-state index in [9.17, 15) is 110 Å². The predicted octanol–water partition coefficient (Wildman–Crippen LogP) is -5.09. The summed E-state index contributed by atoms with van der Waals surface area (Å²) in [7, 11) is -45.6. The number of halogens is 4. The molecule has 4 fully saturated rings. The summed E-state index contributed by atoms with van der Waals surface area (Å²) in [5.41, 5.74) is 14.8. The first-order valence-electron chi connectivity index (χ1n) is 29.7. The van der Waals surface area contributed by atoms with Gasteiger partial charge in [-0.25, -0.2) is 56.6 Å². The molecule has 13 heterocycles. The topological polar surface area (TPSA) is 832 Å². The number of fused-ring (bicyclic) bond motifs is 1. The third kappa shape index (κ3) is 23.1. The Morgan fingerprint density at radius 2 is 1.02 bits per heavy atom. The van der Waals surface area contributed by atoms with Crippen LogP contribution in [0.5, 0.6) is 0 Å². The molecule has 8 aliphatic heterocycles. The van der Waals surface area contributed by atoms with Gasteiger partial charge in [-0.15, -0.1) is 0 Å². The van der Waals surface area contributed by atoms with E-state index in [-0.39, 0.29) is 48.7 Å². The second-order valence-electron chi connectivity index (χ2n) is 23.1. The second kappa shape index (κ2) is 33.3. The van der Waals surface area contributed by atoms with Gasteiger partial charge in [-0.05, 0) is 64.0 Å². The zero-order valence-electron chi connectivity index (χ0n) is 54.5. The van der Waals surface area contributed by atoms with Crippen LogP contribution in [0.4, 0.5) is 17.5 Å². The van der Waals surface area contributed by atoms with Crippen LogP contribution in [0.2, 0.25) is 0 Å². The Kier molecular flexibility index (Phi) is 26.7. The Balaban J connectivity index is 0.000000157. The number of nitrogens with one attached hydrogen (secondary N) is 9. The Labute approximate surface area is 641 Å². The molecule has 0 aliphatic carbocycles. The number of hydrogen-bond donors (Lipinski definition) is 16. The van der Waals surface area contributed by atoms with Crippen molar-refractivity contribution in [3.63, 3.8) is 0 Å². The van der Waals surface area contributed by atoms with E-state index in [2.05, 4.69) is 46.5 Å². The zero-order valence-corrected chi connectivity index (χ0v) is 67.8. The van der Waals surface area contributed by atoms with E-state index in [1.165, 1.54) is 58.6 Å². The van der Waals surface area contributed by atoms with Gasteiger partial charge in [0.2, 0.25) is 11.8 Å². The molecule has 8 aliphatic rings. The number of aliphatic hydroxyl groups excluding tert-OH is 4. The lowest BCUT2D eigenvalue weighted by Crippen LogP contribution is -2.49. The van der Waals surface area contributed by atoms with Gasteiger partial charge in [0, 0.05) is 49.8 Å². The highest BCUT2D eigenvalue weighted by Crippen LogP contribution is 2.75. The van der Waals surface area contributed by atoms with Crippen molar-refractivity contribution in [2.45, 2.75) is 106 Å². The van der Waals surface area contributed by atoms with Crippen molar-refractivity contribution in [1.82, 2.24) is 84.1 Å². The smallest absolute Gasteiger partial charge is 0.394 e. The van der Waals surface area contributed by atoms with Crippen LogP contribution >= 0.6 is 87.5 Å². The van der Waals surface area contributed by atoms with Crippen LogP contribution in [0.3, 0.4) is 0 Å². The highest BCUT2D eigenvalue weighted by molar-refractivity contribution is 8.16. The maximum atomic E-state index is 12.6. The maximum absolute atomic E-state index is 12.6. The Hall–Kier alpha value is -4.25. The number of nitrogens with two attached hydrogens (primary N) is 3. The zero-order chi connectivity index (χ0) is 82.0. The van der Waals surface area contributed by atoms with E-state index in [4.69, 9.17) is 98.5 Å². The third-order valence-electron chi connectivity index (χ3n) is 14.7. The largest absolute Gasteiger partial charge is 0.775 e. The van der Waals surface area contributed by atoms with E-state index in [1.807, 2.05) is 9.72 Å². The molecule has 0 bridgehead atoms. The molecular weight excluding hydrogens is 1840 g/mol. The number of ether oxygens (including phenoxy) is 4. The van der Waals surface area contributed by atoms with E-state index in [1.54, 1.807) is 14.3 Å². The fourth-order valence-corrected chi connectivity index (χ4v) is 39.9. The van der Waals surface area contributed by atoms with Crippen LogP contribution in [0.1, 0.15) is 56.2 Å². The molecule has 4 saturated heterocycles. The molecule has 622 valence electrons. The fraction of sp³-hybridized carbons (Fsp3) is 0.553. The van der Waals surface area contributed by atoms with Gasteiger partial charge in [-0.3, -0.25) is 45.5 Å². The number of nitrogens with zero attached hydrogens (tertiary/aromatic N) is 13. The minimum Gasteiger partial charge on any atom is -0.775 e. The Morgan fingerprint density at radius 1 is 0.586 bits per heavy atom. The van der Waals surface area contributed by atoms with Crippen LogP contribution in [0, 0.1) is 6.92 Å². The first-order valence-corrected chi connectivity index (χ1v) is 51.9. The van der Waals surface area contributed by atoms with Crippen molar-refractivity contribution in [3.8, 4) is 0 Å². The average molecular weight is 1900 g/mol. The first kappa shape index (κ1) is 89.1. The van der Waals surface area contributed by atoms with E-state index in [0.717, 1.165) is 22.0 Å². The highest BCUT2D eigenvalue weighted by Gasteiger charge is 2.47. The number of nitrogen functional groups attached to an aromatic ring is 3. The number of hydrogen-bond acceptors (Lipinski definition) is 40. The summed E-state index contributed by atoms with van der Waals surface area (Å²) >= 11 is 22.9. The quantitative estimate of drug-likeness (QED) is 0.0411. The van der Waals surface area contributed by atoms with Crippen LogP contribution in [0.15, 0.2) is 79.1 Å². The SMILES string of the molecule is Cc1cn([C@H]2CC(O)[C@@H](COP3(=O)N=P(Cl)(Cl)NP(=O)([O-])N3)O2)c(=O)[nH]c1=O.Nc1ccn([C@H]2CC(O)[C@@H](COS3(=O)=NS(=O)(=O)NS(=O)(=O)N3)O2)c(=O)n1.Nc1ccn([C@H]2CC(OS3(=O)=NS(=O)(=O)NS(=O)(=O)N3)[C@@H](CO)O2)c(=O)n1.Nc1ncnc2c1ncn2[C@H]1CC(O)[C@@H](COP2(=O)N=P(Cl)(Cl)NP(=O)([O-])N2)O1. The fourth-order valence-electron chi connectivity index (χ4n) is 10.3. The average Bonchev–Trinajstić information content (AvgIpc) is 1.58. The molecular formula is C38H57Cl4N25O32P6S6-2. The van der Waals surface area contributed by atoms with Crippen molar-refractivity contribution in [3.05, 3.63) is 90.7 Å². The maximum Gasteiger partial charge on any atom is 0.394 e. The number of aromatic nitrogens is 10. The van der Waals surface area contributed by atoms with Gasteiger partial charge in [-0.1, -0.05) is 24.0 Å². The summed E-state index contributed by atoms with van der Waals surface area (Å²) in [5.74, 6) is -7.05. The monoisotopic (exact) mass is 1890 g/mol. The van der Waals surface area contributed by atoms with Gasteiger partial charge in [0.1, 0.15) is 78.9 Å². The molecule has 5 aromatic rings. The van der Waals surface area contributed by atoms with Crippen LogP contribution in [-0.4, -0.2) is 186 Å². The molecule has 0 radical (unpaired) electrons. The number of anilines is 3. The third-order valence-corrected chi connectivity index (χ3v) is 43.6. The number of rotatable bonds is 16. The molecule has 0 saturated carbocycles. The number of aryl methyl sites for hydroxylation is 1. The summed E-state index contributed by atoms with van der Waals surface area (Å²) in [6, 6.07) is 2.65. The molecule has 0 amide bonds. The lowest BCUT2D eigenvalue weighted by Gasteiger charge is -2.35. The standard InChI is InChI=1S/C10H15Cl2N8O6P3.C10H16Cl2N5O8P3.2C9H14N6O9S3/c11-27(12)17-28(22,23)19-29(24,18-27)25-2-6-5(21)1-7(26-6)20-4-16-8-9(13)14-3-15-10(8)20;1-5-3-17(10(20)13-9(5)19)8-2-6(18)7(25-8)4-24-28(23)15-26(11,12)14-27(21,22)16-28;10-7-1-2-15(9(17)11-7)8-3-5(16)6(24-8)4-23-27(22)13-25(18,19)12-26(20,21)14-27;10-7-1-2-15(9(17)11-7)8-3-5(6(4-16)23-8)24-27(22)13-25(18,19)12-26(20,21)14-27/h3-7,21H,1-2H2,(H2,13,14,15)(H3,17,19,22,23,24);3,6-8,18H,2,4H2,1H3,(H,13,19,20)(H3,14,16,21,22,23);2*1-2,5-6,8,12,16H,3-4H2,(H2,10,11,17)(H,13,14,22)/p-2/t5?,6-,7-,29?;6?,7-,8-,28?;2*5?,6-,8-/m1111/s1. The second-order valence-corrected chi connectivity index (χ2v) is 51.5. The van der Waals surface area contributed by atoms with Crippen LogP contribution in [0.25, 0.3) is 11.2 Å². The minimum absolute atomic E-state index is 0.00686. The van der Waals surface area contributed by atoms with Crippen molar-refractivity contribution in [1.29, 1.82) is 0 Å². The Morgan fingerprint density at radius 3 is 1.48 bits per heavy atom. The predicted molar refractivity (Wildman–Crippen MR) is 378 cm³/mol. The van der Waals surface area contributed by atoms with Gasteiger partial charge in [0.05, 0.1) is 51.1 Å². The van der Waals surface area contributed by atoms with E-state index >= 15 is 0 Å². The molecule has 13 rings (SSSR count). The normalized spacial score (nSPS) is 36.0. The van der Waals surface area contributed by atoms with Crippen LogP contribution in [-0.2, 0) is 116 Å². The van der Waals surface area contributed by atoms with Gasteiger partial charge in [0.25, 0.3) is 26.0 Å². The Bertz CT molecular complexity index is 5850. The summed E-state index contributed by atoms with van der Waals surface area (Å²) < 4.78 is 229. The van der Waals surface area contributed by atoms with Crippen molar-refractivity contribution in [2.24, 2.45) is 16.6 Å². The van der Waals surface area contributed by atoms with Crippen molar-refractivity contribution >= 4 is 177 Å². The van der Waals surface area contributed by atoms with Gasteiger partial charge in [-0.2, -0.15) is 62.4 Å². The molecule has 5 aromatic heterocycles. The highest BCUT2D eigenvalue weighted by atomic mass is 35.9.